The van der Waals surface area contributed by atoms with Crippen molar-refractivity contribution in [2.45, 2.75) is 38.8 Å². The Labute approximate surface area is 155 Å². The van der Waals surface area contributed by atoms with Crippen LogP contribution in [0.1, 0.15) is 35.7 Å². The molecular weight excluding hydrogens is 346 g/mol. The highest BCUT2D eigenvalue weighted by Crippen LogP contribution is 2.09. The molecule has 0 bridgehead atoms. The van der Waals surface area contributed by atoms with Crippen LogP contribution in [0.15, 0.2) is 41.5 Å². The van der Waals surface area contributed by atoms with E-state index in [-0.39, 0.29) is 17.4 Å². The van der Waals surface area contributed by atoms with Crippen LogP contribution in [0.5, 0.6) is 0 Å². The lowest BCUT2D eigenvalue weighted by Crippen LogP contribution is -2.29. The van der Waals surface area contributed by atoms with Crippen molar-refractivity contribution in [2.24, 2.45) is 0 Å². The molecule has 0 aliphatic carbocycles. The lowest BCUT2D eigenvalue weighted by molar-refractivity contribution is 0.0942. The molecule has 3 heterocycles. The molecule has 27 heavy (non-hydrogen) atoms. The Morgan fingerprint density at radius 2 is 2.00 bits per heavy atom. The first-order valence-corrected chi connectivity index (χ1v) is 9.14. The maximum atomic E-state index is 12.3. The second-order valence-corrected chi connectivity index (χ2v) is 6.49. The maximum absolute atomic E-state index is 12.3. The van der Waals surface area contributed by atoms with Crippen LogP contribution < -0.4 is 11.0 Å². The van der Waals surface area contributed by atoms with Gasteiger partial charge in [0.1, 0.15) is 12.2 Å². The van der Waals surface area contributed by atoms with Gasteiger partial charge in [0.15, 0.2) is 0 Å². The number of aryl methyl sites for hydroxylation is 2. The summed E-state index contributed by atoms with van der Waals surface area (Å²) < 4.78 is 4.81. The second-order valence-electron chi connectivity index (χ2n) is 6.49. The maximum Gasteiger partial charge on any atom is 0.345 e. The predicted molar refractivity (Wildman–Crippen MR) is 97.7 cm³/mol. The minimum atomic E-state index is -0.332. The van der Waals surface area contributed by atoms with Crippen molar-refractivity contribution in [1.82, 2.24) is 34.4 Å². The van der Waals surface area contributed by atoms with Crippen molar-refractivity contribution >= 4 is 5.91 Å². The molecule has 2 aromatic heterocycles. The molecule has 0 unspecified atom stereocenters. The molecule has 140 valence electrons. The number of carbonyl (C=O) groups excluding carboxylic acids is 1. The van der Waals surface area contributed by atoms with Gasteiger partial charge in [-0.25, -0.2) is 19.1 Å². The van der Waals surface area contributed by atoms with Crippen LogP contribution in [-0.2, 0) is 19.5 Å². The van der Waals surface area contributed by atoms with E-state index in [1.165, 1.54) is 11.0 Å². The Morgan fingerprint density at radius 3 is 2.81 bits per heavy atom. The standard InChI is InChI=1S/C18H21N7O2/c26-17(16-20-13-25(22-16)14-7-2-1-3-8-14)19-10-6-12-24-18(27)23-11-5-4-9-15(23)21-24/h1-3,7-8,13H,4-6,9-12H2,(H,19,26). The van der Waals surface area contributed by atoms with Crippen LogP contribution in [0.25, 0.3) is 5.69 Å². The summed E-state index contributed by atoms with van der Waals surface area (Å²) in [4.78, 5) is 28.5. The molecule has 0 radical (unpaired) electrons. The Morgan fingerprint density at radius 1 is 1.15 bits per heavy atom. The molecule has 0 saturated heterocycles. The highest BCUT2D eigenvalue weighted by molar-refractivity contribution is 5.90. The van der Waals surface area contributed by atoms with E-state index in [0.29, 0.717) is 19.5 Å². The van der Waals surface area contributed by atoms with Gasteiger partial charge in [-0.05, 0) is 31.4 Å². The average Bonchev–Trinajstić information content (AvgIpc) is 3.32. The van der Waals surface area contributed by atoms with Gasteiger partial charge in [0.05, 0.1) is 5.69 Å². The van der Waals surface area contributed by atoms with E-state index >= 15 is 0 Å². The normalized spacial score (nSPS) is 13.3. The fourth-order valence-electron chi connectivity index (χ4n) is 3.18. The number of rotatable bonds is 6. The molecule has 1 N–H and O–H groups in total. The number of aromatic nitrogens is 6. The van der Waals surface area contributed by atoms with Gasteiger partial charge in [0.2, 0.25) is 5.82 Å². The topological polar surface area (TPSA) is 99.6 Å². The van der Waals surface area contributed by atoms with Gasteiger partial charge in [-0.2, -0.15) is 5.10 Å². The first-order valence-electron chi connectivity index (χ1n) is 9.14. The van der Waals surface area contributed by atoms with Gasteiger partial charge >= 0.3 is 5.69 Å². The first-order chi connectivity index (χ1) is 13.2. The molecule has 1 aliphatic heterocycles. The lowest BCUT2D eigenvalue weighted by Gasteiger charge is -2.09. The number of hydrogen-bond acceptors (Lipinski definition) is 5. The van der Waals surface area contributed by atoms with Gasteiger partial charge in [-0.15, -0.1) is 5.10 Å². The van der Waals surface area contributed by atoms with E-state index in [9.17, 15) is 9.59 Å². The zero-order chi connectivity index (χ0) is 18.6. The van der Waals surface area contributed by atoms with Crippen molar-refractivity contribution < 1.29 is 4.79 Å². The third-order valence-electron chi connectivity index (χ3n) is 4.58. The van der Waals surface area contributed by atoms with Crippen molar-refractivity contribution in [1.29, 1.82) is 0 Å². The molecule has 9 heteroatoms. The van der Waals surface area contributed by atoms with E-state index in [0.717, 1.165) is 37.3 Å². The van der Waals surface area contributed by atoms with Gasteiger partial charge < -0.3 is 5.32 Å². The van der Waals surface area contributed by atoms with E-state index in [1.807, 2.05) is 30.3 Å². The number of para-hydroxylation sites is 1. The van der Waals surface area contributed by atoms with Crippen LogP contribution >= 0.6 is 0 Å². The zero-order valence-electron chi connectivity index (χ0n) is 14.9. The fraction of sp³-hybridized carbons (Fsp3) is 0.389. The number of carbonyl (C=O) groups is 1. The van der Waals surface area contributed by atoms with Crippen molar-refractivity contribution in [3.63, 3.8) is 0 Å². The molecule has 3 aromatic rings. The summed E-state index contributed by atoms with van der Waals surface area (Å²) in [6, 6.07) is 9.48. The summed E-state index contributed by atoms with van der Waals surface area (Å²) in [6.07, 6.45) is 5.09. The average molecular weight is 367 g/mol. The molecule has 0 atom stereocenters. The highest BCUT2D eigenvalue weighted by atomic mass is 16.2. The van der Waals surface area contributed by atoms with Crippen LogP contribution in [0, 0.1) is 0 Å². The molecule has 0 spiro atoms. The minimum Gasteiger partial charge on any atom is -0.349 e. The summed E-state index contributed by atoms with van der Waals surface area (Å²) >= 11 is 0. The second kappa shape index (κ2) is 7.56. The van der Waals surface area contributed by atoms with Crippen LogP contribution in [-0.4, -0.2) is 41.6 Å². The quantitative estimate of drug-likeness (QED) is 0.649. The number of benzene rings is 1. The summed E-state index contributed by atoms with van der Waals surface area (Å²) in [5.41, 5.74) is 0.784. The smallest absolute Gasteiger partial charge is 0.345 e. The number of hydrogen-bond donors (Lipinski definition) is 1. The largest absolute Gasteiger partial charge is 0.349 e. The molecule has 1 aromatic carbocycles. The SMILES string of the molecule is O=C(NCCCn1nc2n(c1=O)CCCC2)c1ncn(-c2ccccc2)n1. The molecule has 0 fully saturated rings. The van der Waals surface area contributed by atoms with E-state index in [4.69, 9.17) is 0 Å². The zero-order valence-corrected chi connectivity index (χ0v) is 14.9. The number of fused-ring (bicyclic) bond motifs is 1. The van der Waals surface area contributed by atoms with E-state index < -0.39 is 0 Å². The Kier molecular flexibility index (Phi) is 4.82. The Hall–Kier alpha value is -3.23. The fourth-order valence-corrected chi connectivity index (χ4v) is 3.18. The van der Waals surface area contributed by atoms with E-state index in [2.05, 4.69) is 20.5 Å². The minimum absolute atomic E-state index is 0.0562. The monoisotopic (exact) mass is 367 g/mol. The third-order valence-corrected chi connectivity index (χ3v) is 4.58. The first kappa shape index (κ1) is 17.2. The van der Waals surface area contributed by atoms with E-state index in [1.54, 1.807) is 9.25 Å². The third kappa shape index (κ3) is 3.67. The van der Waals surface area contributed by atoms with Crippen molar-refractivity contribution in [2.75, 3.05) is 6.54 Å². The molecule has 1 amide bonds. The Bertz CT molecular complexity index is 987. The highest BCUT2D eigenvalue weighted by Gasteiger charge is 2.16. The molecule has 4 rings (SSSR count). The van der Waals surface area contributed by atoms with Gasteiger partial charge in [-0.3, -0.25) is 9.36 Å². The summed E-state index contributed by atoms with van der Waals surface area (Å²) in [7, 11) is 0. The van der Waals surface area contributed by atoms with Crippen LogP contribution in [0.3, 0.4) is 0 Å². The number of nitrogens with one attached hydrogen (secondary N) is 1. The van der Waals surface area contributed by atoms with Crippen molar-refractivity contribution in [3.8, 4) is 5.69 Å². The van der Waals surface area contributed by atoms with Crippen molar-refractivity contribution in [3.05, 3.63) is 58.8 Å². The molecule has 9 nitrogen and oxygen atoms in total. The predicted octanol–water partition coefficient (Wildman–Crippen LogP) is 0.782. The Balaban J connectivity index is 1.30. The van der Waals surface area contributed by atoms with Crippen LogP contribution in [0.2, 0.25) is 0 Å². The van der Waals surface area contributed by atoms with Gasteiger partial charge in [0, 0.05) is 26.1 Å². The summed E-state index contributed by atoms with van der Waals surface area (Å²) in [5, 5.41) is 11.4. The van der Waals surface area contributed by atoms with Gasteiger partial charge in [-0.1, -0.05) is 18.2 Å². The molecular formula is C18H21N7O2. The van der Waals surface area contributed by atoms with Crippen LogP contribution in [0.4, 0.5) is 0 Å². The summed E-state index contributed by atoms with van der Waals surface area (Å²) in [6.45, 7) is 1.65. The molecule has 1 aliphatic rings. The molecule has 0 saturated carbocycles. The lowest BCUT2D eigenvalue weighted by atomic mass is 10.2. The summed E-state index contributed by atoms with van der Waals surface area (Å²) in [5.74, 6) is 0.653. The van der Waals surface area contributed by atoms with Gasteiger partial charge in [0.25, 0.3) is 5.91 Å². The number of amides is 1. The number of nitrogens with zero attached hydrogens (tertiary/aromatic N) is 6.